The number of hydrogen-bond donors (Lipinski definition) is 1. The second-order valence-corrected chi connectivity index (χ2v) is 7.65. The molecule has 0 radical (unpaired) electrons. The van der Waals surface area contributed by atoms with Crippen molar-refractivity contribution in [2.75, 3.05) is 20.3 Å². The van der Waals surface area contributed by atoms with Crippen LogP contribution in [0.2, 0.25) is 0 Å². The van der Waals surface area contributed by atoms with Gasteiger partial charge in [0.25, 0.3) is 0 Å². The minimum absolute atomic E-state index is 0.0248. The highest BCUT2D eigenvalue weighted by Gasteiger charge is 2.32. The van der Waals surface area contributed by atoms with E-state index >= 15 is 0 Å². The molecule has 6 nitrogen and oxygen atoms in total. The lowest BCUT2D eigenvalue weighted by Gasteiger charge is -2.25. The second kappa shape index (κ2) is 9.28. The predicted octanol–water partition coefficient (Wildman–Crippen LogP) is 4.68. The number of halogens is 2. The molecule has 1 aliphatic carbocycles. The third-order valence-corrected chi connectivity index (χ3v) is 5.67. The number of carbonyl (C=O) groups excluding carboxylic acids is 1. The number of hydrogen-bond acceptors (Lipinski definition) is 4. The summed E-state index contributed by atoms with van der Waals surface area (Å²) in [4.78, 5) is 25.2. The minimum atomic E-state index is -1.44. The zero-order valence-electron chi connectivity index (χ0n) is 17.7. The van der Waals surface area contributed by atoms with E-state index in [4.69, 9.17) is 9.47 Å². The summed E-state index contributed by atoms with van der Waals surface area (Å²) in [5, 5.41) is 9.54. The third-order valence-electron chi connectivity index (χ3n) is 5.67. The van der Waals surface area contributed by atoms with Crippen LogP contribution in [0.4, 0.5) is 13.6 Å². The smallest absolute Gasteiger partial charge is 0.410 e. The molecule has 4 rings (SSSR count). The van der Waals surface area contributed by atoms with Gasteiger partial charge in [-0.15, -0.1) is 0 Å². The van der Waals surface area contributed by atoms with E-state index in [9.17, 15) is 23.5 Å². The monoisotopic (exact) mass is 453 g/mol. The van der Waals surface area contributed by atoms with Crippen LogP contribution in [0.25, 0.3) is 11.1 Å². The highest BCUT2D eigenvalue weighted by Crippen LogP contribution is 2.44. The van der Waals surface area contributed by atoms with Crippen molar-refractivity contribution < 1.29 is 33.0 Å². The molecule has 0 saturated heterocycles. The zero-order valence-corrected chi connectivity index (χ0v) is 17.7. The van der Waals surface area contributed by atoms with Crippen LogP contribution in [0.1, 0.15) is 17.0 Å². The van der Waals surface area contributed by atoms with Crippen molar-refractivity contribution in [3.05, 3.63) is 89.5 Å². The third kappa shape index (κ3) is 4.50. The normalized spacial score (nSPS) is 13.1. The number of fused-ring (bicyclic) bond motifs is 3. The van der Waals surface area contributed by atoms with Crippen LogP contribution in [0.15, 0.2) is 66.7 Å². The van der Waals surface area contributed by atoms with E-state index in [1.165, 1.54) is 7.05 Å². The summed E-state index contributed by atoms with van der Waals surface area (Å²) in [5.41, 5.74) is 4.19. The minimum Gasteiger partial charge on any atom is -0.488 e. The maximum absolute atomic E-state index is 13.8. The van der Waals surface area contributed by atoms with Gasteiger partial charge in [-0.1, -0.05) is 48.5 Å². The van der Waals surface area contributed by atoms with Gasteiger partial charge in [-0.2, -0.15) is 0 Å². The highest BCUT2D eigenvalue weighted by molar-refractivity contribution is 5.81. The molecule has 1 atom stereocenters. The Hall–Kier alpha value is -3.94. The molecule has 0 aromatic heterocycles. The Balaban J connectivity index is 1.43. The van der Waals surface area contributed by atoms with E-state index in [-0.39, 0.29) is 18.3 Å². The van der Waals surface area contributed by atoms with Gasteiger partial charge in [0.1, 0.15) is 19.0 Å². The largest absolute Gasteiger partial charge is 0.488 e. The van der Waals surface area contributed by atoms with Crippen LogP contribution in [0.3, 0.4) is 0 Å². The Morgan fingerprint density at radius 1 is 1.00 bits per heavy atom. The first kappa shape index (κ1) is 22.3. The molecule has 0 aliphatic heterocycles. The van der Waals surface area contributed by atoms with E-state index in [1.807, 2.05) is 48.5 Å². The van der Waals surface area contributed by atoms with Crippen LogP contribution in [-0.4, -0.2) is 48.4 Å². The molecule has 0 unspecified atom stereocenters. The molecule has 0 heterocycles. The Labute approximate surface area is 189 Å². The average Bonchev–Trinajstić information content (AvgIpc) is 3.12. The highest BCUT2D eigenvalue weighted by atomic mass is 19.1. The first-order valence-corrected chi connectivity index (χ1v) is 10.2. The maximum Gasteiger partial charge on any atom is 0.410 e. The topological polar surface area (TPSA) is 76.1 Å². The molecular formula is C25H21F2NO5. The number of rotatable bonds is 7. The Morgan fingerprint density at radius 2 is 1.61 bits per heavy atom. The lowest BCUT2D eigenvalue weighted by Crippen LogP contribution is -2.46. The zero-order chi connectivity index (χ0) is 23.5. The predicted molar refractivity (Wildman–Crippen MR) is 116 cm³/mol. The molecule has 0 fully saturated rings. The van der Waals surface area contributed by atoms with Crippen molar-refractivity contribution in [1.82, 2.24) is 4.90 Å². The summed E-state index contributed by atoms with van der Waals surface area (Å²) < 4.78 is 37.5. The molecule has 170 valence electrons. The fraction of sp³-hybridized carbons (Fsp3) is 0.200. The van der Waals surface area contributed by atoms with Gasteiger partial charge in [0.15, 0.2) is 17.6 Å². The lowest BCUT2D eigenvalue weighted by atomic mass is 9.98. The molecular weight excluding hydrogens is 432 g/mol. The van der Waals surface area contributed by atoms with Crippen LogP contribution < -0.4 is 4.74 Å². The fourth-order valence-corrected chi connectivity index (χ4v) is 3.93. The van der Waals surface area contributed by atoms with Gasteiger partial charge in [-0.3, -0.25) is 4.90 Å². The number of ether oxygens (including phenoxy) is 2. The van der Waals surface area contributed by atoms with E-state index in [2.05, 4.69) is 0 Å². The fourth-order valence-electron chi connectivity index (χ4n) is 3.93. The summed E-state index contributed by atoms with van der Waals surface area (Å²) in [6, 6.07) is 16.9. The molecule has 1 aliphatic rings. The van der Waals surface area contributed by atoms with Crippen LogP contribution >= 0.6 is 0 Å². The quantitative estimate of drug-likeness (QED) is 0.562. The van der Waals surface area contributed by atoms with Gasteiger partial charge < -0.3 is 14.6 Å². The molecule has 3 aromatic carbocycles. The van der Waals surface area contributed by atoms with Crippen molar-refractivity contribution in [2.45, 2.75) is 12.0 Å². The summed E-state index contributed by atoms with van der Waals surface area (Å²) in [7, 11) is 1.27. The van der Waals surface area contributed by atoms with Gasteiger partial charge in [-0.25, -0.2) is 18.4 Å². The molecule has 3 aromatic rings. The molecule has 1 amide bonds. The molecule has 8 heteroatoms. The van der Waals surface area contributed by atoms with Crippen molar-refractivity contribution in [3.8, 4) is 16.9 Å². The number of aliphatic carboxylic acids is 1. The van der Waals surface area contributed by atoms with Crippen molar-refractivity contribution >= 4 is 12.1 Å². The van der Waals surface area contributed by atoms with Gasteiger partial charge in [-0.05, 0) is 34.4 Å². The standard InChI is InChI=1S/C25H21F2NO5/c1-28(22(24(29)30)14-32-23-11-10-15(26)12-21(23)27)25(31)33-13-20-18-8-4-2-6-16(18)17-7-3-5-9-19(17)20/h2-12,20,22H,13-14H2,1H3,(H,29,30)/t22-/m0/s1. The Morgan fingerprint density at radius 3 is 2.18 bits per heavy atom. The van der Waals surface area contributed by atoms with Crippen LogP contribution in [0.5, 0.6) is 5.75 Å². The first-order chi connectivity index (χ1) is 15.9. The lowest BCUT2D eigenvalue weighted by molar-refractivity contribution is -0.143. The SMILES string of the molecule is CN(C(=O)OCC1c2ccccc2-c2ccccc21)[C@@H](COc1ccc(F)cc1F)C(=O)O. The van der Waals surface area contributed by atoms with Crippen molar-refractivity contribution in [2.24, 2.45) is 0 Å². The number of carboxylic acids is 1. The number of benzene rings is 3. The van der Waals surface area contributed by atoms with Gasteiger partial charge in [0.05, 0.1) is 0 Å². The summed E-state index contributed by atoms with van der Waals surface area (Å²) >= 11 is 0. The number of amides is 1. The molecule has 1 N–H and O–H groups in total. The number of carboxylic acid groups (broad SMARTS) is 1. The molecule has 0 bridgehead atoms. The molecule has 0 saturated carbocycles. The van der Waals surface area contributed by atoms with Gasteiger partial charge in [0.2, 0.25) is 0 Å². The summed E-state index contributed by atoms with van der Waals surface area (Å²) in [6.45, 7) is -0.518. The second-order valence-electron chi connectivity index (χ2n) is 7.65. The first-order valence-electron chi connectivity index (χ1n) is 10.2. The van der Waals surface area contributed by atoms with E-state index in [1.54, 1.807) is 0 Å². The van der Waals surface area contributed by atoms with E-state index < -0.39 is 36.3 Å². The van der Waals surface area contributed by atoms with Crippen LogP contribution in [0, 0.1) is 11.6 Å². The van der Waals surface area contributed by atoms with E-state index in [0.29, 0.717) is 6.07 Å². The Bertz CT molecular complexity index is 1150. The van der Waals surface area contributed by atoms with Gasteiger partial charge in [0, 0.05) is 19.0 Å². The number of likely N-dealkylation sites (N-methyl/N-ethyl adjacent to an activating group) is 1. The summed E-state index contributed by atoms with van der Waals surface area (Å²) in [5.74, 6) is -3.60. The van der Waals surface area contributed by atoms with Crippen molar-refractivity contribution in [1.29, 1.82) is 0 Å². The summed E-state index contributed by atoms with van der Waals surface area (Å²) in [6.07, 6.45) is -0.854. The van der Waals surface area contributed by atoms with E-state index in [0.717, 1.165) is 39.3 Å². The molecule has 33 heavy (non-hydrogen) atoms. The molecule has 0 spiro atoms. The Kier molecular flexibility index (Phi) is 6.26. The van der Waals surface area contributed by atoms with Crippen LogP contribution in [-0.2, 0) is 9.53 Å². The van der Waals surface area contributed by atoms with Gasteiger partial charge >= 0.3 is 12.1 Å². The number of nitrogens with zero attached hydrogens (tertiary/aromatic N) is 1. The number of carbonyl (C=O) groups is 2. The maximum atomic E-state index is 13.8. The van der Waals surface area contributed by atoms with Crippen molar-refractivity contribution in [3.63, 3.8) is 0 Å². The average molecular weight is 453 g/mol.